The quantitative estimate of drug-likeness (QED) is 0.265. The molecule has 8 heteroatoms. The van der Waals surface area contributed by atoms with E-state index in [1.807, 2.05) is 19.9 Å². The summed E-state index contributed by atoms with van der Waals surface area (Å²) in [6.45, 7) is 5.51. The molecule has 2 rings (SSSR count). The molecule has 0 fully saturated rings. The molecule has 1 aromatic heterocycles. The van der Waals surface area contributed by atoms with Crippen LogP contribution in [-0.2, 0) is 12.8 Å². The topological polar surface area (TPSA) is 75.3 Å². The third-order valence-electron chi connectivity index (χ3n) is 3.68. The summed E-state index contributed by atoms with van der Waals surface area (Å²) >= 11 is 0. The Bertz CT molecular complexity index is 690. The zero-order valence-corrected chi connectivity index (χ0v) is 17.8. The number of aromatic nitrogens is 2. The van der Waals surface area contributed by atoms with Gasteiger partial charge in [0.15, 0.2) is 11.8 Å². The second kappa shape index (κ2) is 11.8. The van der Waals surface area contributed by atoms with Crippen molar-refractivity contribution in [2.24, 2.45) is 4.99 Å². The zero-order valence-electron chi connectivity index (χ0n) is 15.5. The molecule has 0 saturated carbocycles. The van der Waals surface area contributed by atoms with Crippen LogP contribution in [0.2, 0.25) is 0 Å². The van der Waals surface area contributed by atoms with Crippen molar-refractivity contribution in [3.05, 3.63) is 47.4 Å². The number of nitrogens with zero attached hydrogens (tertiary/aromatic N) is 3. The van der Waals surface area contributed by atoms with Crippen molar-refractivity contribution >= 4 is 29.9 Å². The Labute approximate surface area is 171 Å². The number of rotatable bonds is 8. The number of aryl methyl sites for hydroxylation is 1. The van der Waals surface area contributed by atoms with E-state index in [2.05, 4.69) is 25.8 Å². The van der Waals surface area contributed by atoms with Gasteiger partial charge in [-0.2, -0.15) is 4.98 Å². The van der Waals surface area contributed by atoms with E-state index >= 15 is 0 Å². The lowest BCUT2D eigenvalue weighted by Gasteiger charge is -2.11. The normalized spacial score (nSPS) is 11.3. The minimum Gasteiger partial charge on any atom is -0.356 e. The highest BCUT2D eigenvalue weighted by atomic mass is 127. The highest BCUT2D eigenvalue weighted by Gasteiger charge is 2.09. The molecule has 1 heterocycles. The van der Waals surface area contributed by atoms with Crippen molar-refractivity contribution in [3.63, 3.8) is 0 Å². The van der Waals surface area contributed by atoms with Crippen LogP contribution >= 0.6 is 24.0 Å². The van der Waals surface area contributed by atoms with E-state index in [0.29, 0.717) is 12.4 Å². The molecule has 26 heavy (non-hydrogen) atoms. The largest absolute Gasteiger partial charge is 0.356 e. The highest BCUT2D eigenvalue weighted by molar-refractivity contribution is 14.0. The average Bonchev–Trinajstić information content (AvgIpc) is 3.06. The lowest BCUT2D eigenvalue weighted by Crippen LogP contribution is -2.38. The number of hydrogen-bond acceptors (Lipinski definition) is 4. The second-order valence-electron chi connectivity index (χ2n) is 6.11. The van der Waals surface area contributed by atoms with Gasteiger partial charge in [0.25, 0.3) is 0 Å². The molecule has 0 radical (unpaired) electrons. The van der Waals surface area contributed by atoms with Gasteiger partial charge in [0.05, 0.1) is 0 Å². The van der Waals surface area contributed by atoms with E-state index in [4.69, 9.17) is 4.52 Å². The Hall–Kier alpha value is -1.71. The van der Waals surface area contributed by atoms with Gasteiger partial charge in [0.1, 0.15) is 5.82 Å². The smallest absolute Gasteiger partial charge is 0.226 e. The summed E-state index contributed by atoms with van der Waals surface area (Å²) in [5.74, 6) is 2.21. The second-order valence-corrected chi connectivity index (χ2v) is 6.11. The predicted octanol–water partition coefficient (Wildman–Crippen LogP) is 3.29. The lowest BCUT2D eigenvalue weighted by atomic mass is 10.1. The molecule has 0 amide bonds. The number of hydrogen-bond donors (Lipinski definition) is 2. The molecule has 1 aromatic carbocycles. The maximum absolute atomic E-state index is 13.1. The van der Waals surface area contributed by atoms with E-state index < -0.39 is 0 Å². The molecular weight excluding hydrogens is 448 g/mol. The molecule has 0 saturated heterocycles. The van der Waals surface area contributed by atoms with Crippen LogP contribution in [0.25, 0.3) is 0 Å². The predicted molar refractivity (Wildman–Crippen MR) is 112 cm³/mol. The van der Waals surface area contributed by atoms with E-state index in [9.17, 15) is 4.39 Å². The van der Waals surface area contributed by atoms with Crippen LogP contribution in [0.15, 0.2) is 33.8 Å². The summed E-state index contributed by atoms with van der Waals surface area (Å²) in [7, 11) is 1.73. The standard InChI is InChI=1S/C18H26FN5O.HI/c1-13(2)17-23-16(25-24-17)8-5-10-21-18(20-3)22-11-9-14-6-4-7-15(19)12-14;/h4,6-7,12-13H,5,8-11H2,1-3H3,(H2,20,21,22);1H. The summed E-state index contributed by atoms with van der Waals surface area (Å²) in [5, 5.41) is 10.4. The monoisotopic (exact) mass is 475 g/mol. The van der Waals surface area contributed by atoms with E-state index in [1.165, 1.54) is 6.07 Å². The first kappa shape index (κ1) is 22.3. The Morgan fingerprint density at radius 3 is 2.65 bits per heavy atom. The van der Waals surface area contributed by atoms with Crippen LogP contribution < -0.4 is 10.6 Å². The third-order valence-corrected chi connectivity index (χ3v) is 3.68. The van der Waals surface area contributed by atoms with Gasteiger partial charge in [0.2, 0.25) is 5.89 Å². The first-order chi connectivity index (χ1) is 12.1. The molecule has 6 nitrogen and oxygen atoms in total. The summed E-state index contributed by atoms with van der Waals surface area (Å²) in [4.78, 5) is 8.53. The van der Waals surface area contributed by atoms with E-state index in [1.54, 1.807) is 19.2 Å². The van der Waals surface area contributed by atoms with Crippen LogP contribution in [0.1, 0.15) is 43.5 Å². The summed E-state index contributed by atoms with van der Waals surface area (Å²) in [6, 6.07) is 6.63. The Morgan fingerprint density at radius 2 is 2.00 bits per heavy atom. The highest BCUT2D eigenvalue weighted by Crippen LogP contribution is 2.10. The number of halogens is 2. The molecular formula is C18H27FIN5O. The Morgan fingerprint density at radius 1 is 1.23 bits per heavy atom. The van der Waals surface area contributed by atoms with Gasteiger partial charge in [-0.25, -0.2) is 4.39 Å². The summed E-state index contributed by atoms with van der Waals surface area (Å²) in [5.41, 5.74) is 0.959. The van der Waals surface area contributed by atoms with Gasteiger partial charge in [-0.15, -0.1) is 24.0 Å². The van der Waals surface area contributed by atoms with Crippen molar-refractivity contribution in [3.8, 4) is 0 Å². The van der Waals surface area contributed by atoms with Gasteiger partial charge < -0.3 is 15.2 Å². The maximum atomic E-state index is 13.1. The van der Waals surface area contributed by atoms with Gasteiger partial charge in [-0.3, -0.25) is 4.99 Å². The molecule has 2 N–H and O–H groups in total. The molecule has 2 aromatic rings. The SMILES string of the molecule is CN=C(NCCCc1nc(C(C)C)no1)NCCc1cccc(F)c1.I. The van der Waals surface area contributed by atoms with E-state index in [0.717, 1.165) is 43.2 Å². The van der Waals surface area contributed by atoms with Crippen LogP contribution in [0, 0.1) is 5.82 Å². The van der Waals surface area contributed by atoms with Crippen molar-refractivity contribution in [2.45, 2.75) is 39.0 Å². The molecule has 0 unspecified atom stereocenters. The lowest BCUT2D eigenvalue weighted by molar-refractivity contribution is 0.368. The minimum absolute atomic E-state index is 0. The molecule has 0 spiro atoms. The van der Waals surface area contributed by atoms with Gasteiger partial charge in [0, 0.05) is 32.5 Å². The van der Waals surface area contributed by atoms with Crippen molar-refractivity contribution < 1.29 is 8.91 Å². The summed E-state index contributed by atoms with van der Waals surface area (Å²) in [6.07, 6.45) is 2.33. The molecule has 0 aliphatic heterocycles. The van der Waals surface area contributed by atoms with Crippen LogP contribution in [0.5, 0.6) is 0 Å². The molecule has 0 aliphatic carbocycles. The van der Waals surface area contributed by atoms with Gasteiger partial charge in [-0.05, 0) is 30.5 Å². The third kappa shape index (κ3) is 7.67. The zero-order chi connectivity index (χ0) is 18.1. The molecule has 0 bridgehead atoms. The van der Waals surface area contributed by atoms with Crippen molar-refractivity contribution in [1.82, 2.24) is 20.8 Å². The fourth-order valence-corrected chi connectivity index (χ4v) is 2.29. The first-order valence-corrected chi connectivity index (χ1v) is 8.60. The fraction of sp³-hybridized carbons (Fsp3) is 0.500. The van der Waals surface area contributed by atoms with Gasteiger partial charge in [-0.1, -0.05) is 31.1 Å². The Balaban J connectivity index is 0.00000338. The van der Waals surface area contributed by atoms with Crippen LogP contribution in [-0.4, -0.2) is 36.2 Å². The van der Waals surface area contributed by atoms with Crippen molar-refractivity contribution in [1.29, 1.82) is 0 Å². The van der Waals surface area contributed by atoms with Crippen molar-refractivity contribution in [2.75, 3.05) is 20.1 Å². The average molecular weight is 475 g/mol. The van der Waals surface area contributed by atoms with Crippen LogP contribution in [0.3, 0.4) is 0 Å². The summed E-state index contributed by atoms with van der Waals surface area (Å²) < 4.78 is 18.4. The van der Waals surface area contributed by atoms with Gasteiger partial charge >= 0.3 is 0 Å². The number of nitrogens with one attached hydrogen (secondary N) is 2. The molecule has 144 valence electrons. The minimum atomic E-state index is -0.207. The molecule has 0 aliphatic rings. The maximum Gasteiger partial charge on any atom is 0.226 e. The van der Waals surface area contributed by atoms with Crippen LogP contribution in [0.4, 0.5) is 4.39 Å². The number of aliphatic imine (C=N–C) groups is 1. The molecule has 0 atom stereocenters. The number of benzene rings is 1. The Kier molecular flexibility index (Phi) is 10.2. The van der Waals surface area contributed by atoms with E-state index in [-0.39, 0.29) is 35.7 Å². The fourth-order valence-electron chi connectivity index (χ4n) is 2.29. The first-order valence-electron chi connectivity index (χ1n) is 8.60. The number of guanidine groups is 1.